The lowest BCUT2D eigenvalue weighted by atomic mass is 9.91. The lowest BCUT2D eigenvalue weighted by Gasteiger charge is -2.32. The molecule has 0 aliphatic carbocycles. The van der Waals surface area contributed by atoms with E-state index in [0.717, 1.165) is 56.8 Å². The number of hydrogen-bond acceptors (Lipinski definition) is 4. The molecule has 1 amide bonds. The van der Waals surface area contributed by atoms with Gasteiger partial charge in [0.25, 0.3) is 0 Å². The molecule has 2 aromatic rings. The standard InChI is InChI=1S/C20H29N3O2/c1-4-19(24)23(5-2)13-12-22-10-8-16(9-11-22)20-17-14-15(3)6-7-18(17)25-21-20/h6-7,14,16H,4-5,8-13H2,1-3H3. The summed E-state index contributed by atoms with van der Waals surface area (Å²) < 4.78 is 5.51. The molecule has 0 N–H and O–H groups in total. The van der Waals surface area contributed by atoms with Crippen LogP contribution in [-0.4, -0.2) is 53.6 Å². The average Bonchev–Trinajstić information content (AvgIpc) is 3.05. The van der Waals surface area contributed by atoms with E-state index >= 15 is 0 Å². The molecule has 1 aromatic heterocycles. The van der Waals surface area contributed by atoms with Crippen molar-refractivity contribution in [1.82, 2.24) is 15.0 Å². The molecular formula is C20H29N3O2. The molecule has 0 bridgehead atoms. The molecule has 0 radical (unpaired) electrons. The molecule has 1 aromatic carbocycles. The van der Waals surface area contributed by atoms with E-state index in [1.165, 1.54) is 10.9 Å². The number of amides is 1. The summed E-state index contributed by atoms with van der Waals surface area (Å²) in [5, 5.41) is 5.53. The van der Waals surface area contributed by atoms with Crippen molar-refractivity contribution >= 4 is 16.9 Å². The topological polar surface area (TPSA) is 49.6 Å². The van der Waals surface area contributed by atoms with Gasteiger partial charge in [-0.2, -0.15) is 0 Å². The van der Waals surface area contributed by atoms with Crippen LogP contribution in [-0.2, 0) is 4.79 Å². The van der Waals surface area contributed by atoms with Gasteiger partial charge in [-0.15, -0.1) is 0 Å². The second-order valence-corrected chi connectivity index (χ2v) is 7.01. The maximum absolute atomic E-state index is 11.9. The first-order valence-electron chi connectivity index (χ1n) is 9.48. The fourth-order valence-electron chi connectivity index (χ4n) is 3.74. The van der Waals surface area contributed by atoms with Gasteiger partial charge in [0.15, 0.2) is 5.58 Å². The van der Waals surface area contributed by atoms with E-state index in [1.807, 2.05) is 17.9 Å². The Morgan fingerprint density at radius 3 is 2.76 bits per heavy atom. The van der Waals surface area contributed by atoms with Gasteiger partial charge in [0.05, 0.1) is 5.69 Å². The molecule has 5 heteroatoms. The van der Waals surface area contributed by atoms with Crippen LogP contribution in [0.1, 0.15) is 50.3 Å². The minimum absolute atomic E-state index is 0.252. The van der Waals surface area contributed by atoms with E-state index < -0.39 is 0 Å². The minimum Gasteiger partial charge on any atom is -0.356 e. The number of hydrogen-bond donors (Lipinski definition) is 0. The summed E-state index contributed by atoms with van der Waals surface area (Å²) in [4.78, 5) is 16.3. The van der Waals surface area contributed by atoms with Gasteiger partial charge in [0, 0.05) is 37.4 Å². The second kappa shape index (κ2) is 8.00. The third-order valence-electron chi connectivity index (χ3n) is 5.35. The normalized spacial score (nSPS) is 16.4. The summed E-state index contributed by atoms with van der Waals surface area (Å²) in [7, 11) is 0. The van der Waals surface area contributed by atoms with E-state index in [1.54, 1.807) is 0 Å². The van der Waals surface area contributed by atoms with Gasteiger partial charge in [0.1, 0.15) is 0 Å². The van der Waals surface area contributed by atoms with Gasteiger partial charge in [-0.05, 0) is 51.9 Å². The Labute approximate surface area is 149 Å². The van der Waals surface area contributed by atoms with Crippen molar-refractivity contribution in [3.63, 3.8) is 0 Å². The number of likely N-dealkylation sites (tertiary alicyclic amines) is 1. The molecule has 0 unspecified atom stereocenters. The Balaban J connectivity index is 1.56. The Morgan fingerprint density at radius 1 is 1.32 bits per heavy atom. The Morgan fingerprint density at radius 2 is 2.08 bits per heavy atom. The van der Waals surface area contributed by atoms with Crippen molar-refractivity contribution in [2.45, 2.75) is 46.0 Å². The van der Waals surface area contributed by atoms with Gasteiger partial charge < -0.3 is 14.3 Å². The molecule has 3 rings (SSSR count). The average molecular weight is 343 g/mol. The molecule has 2 heterocycles. The molecule has 1 aliphatic heterocycles. The largest absolute Gasteiger partial charge is 0.356 e. The van der Waals surface area contributed by atoms with Gasteiger partial charge in [-0.3, -0.25) is 4.79 Å². The molecular weight excluding hydrogens is 314 g/mol. The molecule has 1 aliphatic rings. The van der Waals surface area contributed by atoms with Gasteiger partial charge in [-0.25, -0.2) is 0 Å². The Bertz CT molecular complexity index is 717. The highest BCUT2D eigenvalue weighted by atomic mass is 16.5. The maximum Gasteiger partial charge on any atom is 0.222 e. The number of fused-ring (bicyclic) bond motifs is 1. The number of piperidine rings is 1. The lowest BCUT2D eigenvalue weighted by Crippen LogP contribution is -2.41. The third-order valence-corrected chi connectivity index (χ3v) is 5.35. The van der Waals surface area contributed by atoms with Crippen molar-refractivity contribution in [3.8, 4) is 0 Å². The highest BCUT2D eigenvalue weighted by Gasteiger charge is 2.25. The molecule has 136 valence electrons. The zero-order valence-electron chi connectivity index (χ0n) is 15.6. The summed E-state index contributed by atoms with van der Waals surface area (Å²) in [6.45, 7) is 10.8. The van der Waals surface area contributed by atoms with Crippen molar-refractivity contribution in [2.24, 2.45) is 0 Å². The summed E-state index contributed by atoms with van der Waals surface area (Å²) >= 11 is 0. The van der Waals surface area contributed by atoms with Crippen LogP contribution in [0, 0.1) is 6.92 Å². The first-order valence-corrected chi connectivity index (χ1v) is 9.48. The van der Waals surface area contributed by atoms with Crippen LogP contribution in [0.3, 0.4) is 0 Å². The first-order chi connectivity index (χ1) is 12.1. The molecule has 0 saturated carbocycles. The number of carbonyl (C=O) groups excluding carboxylic acids is 1. The van der Waals surface area contributed by atoms with E-state index in [9.17, 15) is 4.79 Å². The number of aromatic nitrogens is 1. The SMILES string of the molecule is CCC(=O)N(CC)CCN1CCC(c2noc3ccc(C)cc23)CC1. The number of likely N-dealkylation sites (N-methyl/N-ethyl adjacent to an activating group) is 1. The van der Waals surface area contributed by atoms with Crippen LogP contribution in [0.15, 0.2) is 22.7 Å². The van der Waals surface area contributed by atoms with E-state index in [-0.39, 0.29) is 5.91 Å². The number of aryl methyl sites for hydroxylation is 1. The monoisotopic (exact) mass is 343 g/mol. The smallest absolute Gasteiger partial charge is 0.222 e. The van der Waals surface area contributed by atoms with E-state index in [4.69, 9.17) is 4.52 Å². The molecule has 5 nitrogen and oxygen atoms in total. The van der Waals surface area contributed by atoms with Crippen LogP contribution in [0.25, 0.3) is 11.0 Å². The maximum atomic E-state index is 11.9. The highest BCUT2D eigenvalue weighted by molar-refractivity contribution is 5.80. The minimum atomic E-state index is 0.252. The number of rotatable bonds is 6. The first kappa shape index (κ1) is 17.9. The second-order valence-electron chi connectivity index (χ2n) is 7.01. The van der Waals surface area contributed by atoms with Crippen LogP contribution in [0.5, 0.6) is 0 Å². The molecule has 1 saturated heterocycles. The number of nitrogens with zero attached hydrogens (tertiary/aromatic N) is 3. The van der Waals surface area contributed by atoms with Crippen LogP contribution >= 0.6 is 0 Å². The van der Waals surface area contributed by atoms with Crippen LogP contribution in [0.2, 0.25) is 0 Å². The zero-order chi connectivity index (χ0) is 17.8. The van der Waals surface area contributed by atoms with Crippen LogP contribution < -0.4 is 0 Å². The van der Waals surface area contributed by atoms with Gasteiger partial charge >= 0.3 is 0 Å². The fourth-order valence-corrected chi connectivity index (χ4v) is 3.74. The predicted molar refractivity (Wildman–Crippen MR) is 99.7 cm³/mol. The van der Waals surface area contributed by atoms with Crippen molar-refractivity contribution in [2.75, 3.05) is 32.7 Å². The molecule has 0 spiro atoms. The molecule has 0 atom stereocenters. The summed E-state index contributed by atoms with van der Waals surface area (Å²) in [5.74, 6) is 0.723. The number of benzene rings is 1. The summed E-state index contributed by atoms with van der Waals surface area (Å²) in [6.07, 6.45) is 2.79. The van der Waals surface area contributed by atoms with Crippen molar-refractivity contribution < 1.29 is 9.32 Å². The molecule has 25 heavy (non-hydrogen) atoms. The van der Waals surface area contributed by atoms with Crippen molar-refractivity contribution in [3.05, 3.63) is 29.5 Å². The van der Waals surface area contributed by atoms with Crippen molar-refractivity contribution in [1.29, 1.82) is 0 Å². The third kappa shape index (κ3) is 4.03. The van der Waals surface area contributed by atoms with Gasteiger partial charge in [-0.1, -0.05) is 23.7 Å². The fraction of sp³-hybridized carbons (Fsp3) is 0.600. The molecule has 1 fully saturated rings. The highest BCUT2D eigenvalue weighted by Crippen LogP contribution is 2.32. The summed E-state index contributed by atoms with van der Waals surface area (Å²) in [6, 6.07) is 6.26. The van der Waals surface area contributed by atoms with Gasteiger partial charge in [0.2, 0.25) is 5.91 Å². The summed E-state index contributed by atoms with van der Waals surface area (Å²) in [5.41, 5.74) is 3.25. The zero-order valence-corrected chi connectivity index (χ0v) is 15.6. The van der Waals surface area contributed by atoms with E-state index in [2.05, 4.69) is 36.0 Å². The van der Waals surface area contributed by atoms with Crippen LogP contribution in [0.4, 0.5) is 0 Å². The Kier molecular flexibility index (Phi) is 5.74. The quantitative estimate of drug-likeness (QED) is 0.804. The Hall–Kier alpha value is -1.88. The number of carbonyl (C=O) groups is 1. The van der Waals surface area contributed by atoms with E-state index in [0.29, 0.717) is 12.3 Å². The predicted octanol–water partition coefficient (Wildman–Crippen LogP) is 3.57. The lowest BCUT2D eigenvalue weighted by molar-refractivity contribution is -0.130.